The largest absolute Gasteiger partial charge is 0.463 e. The summed E-state index contributed by atoms with van der Waals surface area (Å²) in [5.41, 5.74) is 17.2. The number of aromatic amines is 1. The summed E-state index contributed by atoms with van der Waals surface area (Å²) >= 11 is 1.76. The Kier molecular flexibility index (Phi) is 7.29. The van der Waals surface area contributed by atoms with Crippen LogP contribution in [0.25, 0.3) is 56.1 Å². The Labute approximate surface area is 275 Å². The van der Waals surface area contributed by atoms with Crippen molar-refractivity contribution in [3.63, 3.8) is 0 Å². The quantitative estimate of drug-likeness (QED) is 0.199. The number of fused-ring (bicyclic) bond motifs is 3. The Hall–Kier alpha value is -6.42. The number of anilines is 2. The number of rotatable bonds is 7. The molecule has 0 saturated carbocycles. The molecule has 0 atom stereocenters. The zero-order valence-electron chi connectivity index (χ0n) is 25.5. The fourth-order valence-electron chi connectivity index (χ4n) is 5.35. The van der Waals surface area contributed by atoms with Crippen LogP contribution in [0, 0.1) is 0 Å². The summed E-state index contributed by atoms with van der Waals surface area (Å²) in [6.07, 6.45) is 4.19. The Morgan fingerprint density at radius 3 is 1.88 bits per heavy atom. The molecule has 5 N–H and O–H groups in total. The SMILES string of the molecule is CCc1ccc(Cn2nnc3c(-c4ccco4)nc(N)nc32)s1.Nc1nc(-c2ccco2)c2nnn(Cc3cc4ccccc4[nH]3)c2n1. The predicted octanol–water partition coefficient (Wildman–Crippen LogP) is 5.33. The minimum Gasteiger partial charge on any atom is -0.463 e. The zero-order chi connectivity index (χ0) is 32.6. The summed E-state index contributed by atoms with van der Waals surface area (Å²) in [4.78, 5) is 23.0. The van der Waals surface area contributed by atoms with Crippen LogP contribution in [0.4, 0.5) is 11.9 Å². The summed E-state index contributed by atoms with van der Waals surface area (Å²) in [7, 11) is 0. The number of benzene rings is 1. The number of nitrogens with zero attached hydrogens (tertiary/aromatic N) is 10. The normalized spacial score (nSPS) is 11.4. The monoisotopic (exact) mass is 657 g/mol. The second-order valence-corrected chi connectivity index (χ2v) is 12.0. The predicted molar refractivity (Wildman–Crippen MR) is 181 cm³/mol. The van der Waals surface area contributed by atoms with Crippen molar-refractivity contribution in [1.82, 2.24) is 54.9 Å². The van der Waals surface area contributed by atoms with Gasteiger partial charge in [0.05, 0.1) is 25.6 Å². The molecule has 9 aromatic rings. The van der Waals surface area contributed by atoms with E-state index in [0.717, 1.165) is 23.0 Å². The number of hydrogen-bond donors (Lipinski definition) is 3. The molecule has 48 heavy (non-hydrogen) atoms. The maximum Gasteiger partial charge on any atom is 0.222 e. The first kappa shape index (κ1) is 29.0. The van der Waals surface area contributed by atoms with E-state index >= 15 is 0 Å². The number of nitrogen functional groups attached to an aromatic ring is 2. The molecular formula is C32H27N13O2S. The molecular weight excluding hydrogens is 631 g/mol. The number of nitrogens with two attached hydrogens (primary N) is 2. The van der Waals surface area contributed by atoms with Crippen LogP contribution in [-0.4, -0.2) is 54.9 Å². The molecule has 0 amide bonds. The van der Waals surface area contributed by atoms with Crippen LogP contribution < -0.4 is 11.5 Å². The van der Waals surface area contributed by atoms with E-state index in [1.807, 2.05) is 24.3 Å². The molecule has 0 saturated heterocycles. The van der Waals surface area contributed by atoms with E-state index in [1.165, 1.54) is 9.75 Å². The number of furan rings is 2. The Morgan fingerprint density at radius 1 is 0.708 bits per heavy atom. The van der Waals surface area contributed by atoms with Gasteiger partial charge in [0.15, 0.2) is 33.8 Å². The first-order valence-corrected chi connectivity index (χ1v) is 15.8. The minimum atomic E-state index is 0.152. The Balaban J connectivity index is 0.000000141. The maximum absolute atomic E-state index is 5.87. The van der Waals surface area contributed by atoms with Crippen molar-refractivity contribution in [2.45, 2.75) is 26.4 Å². The van der Waals surface area contributed by atoms with E-state index < -0.39 is 0 Å². The second-order valence-electron chi connectivity index (χ2n) is 10.8. The molecule has 15 nitrogen and oxygen atoms in total. The standard InChI is InChI=1S/C17H13N7O.C15H14N6OS/c18-17-20-14(13-6-3-7-25-13)15-16(21-17)24(23-22-15)9-11-8-10-4-1-2-5-12(10)19-11;1-2-9-5-6-10(23-9)8-21-14-13(19-20-21)12(17-15(16)18-14)11-4-3-7-22-11/h1-8,19H,9H2,(H2,18,20,21);3-7H,2,8H2,1H3,(H2,16,17,18). The topological polar surface area (TPSA) is 207 Å². The van der Waals surface area contributed by atoms with Crippen LogP contribution in [0.5, 0.6) is 0 Å². The van der Waals surface area contributed by atoms with E-state index in [1.54, 1.807) is 51.4 Å². The van der Waals surface area contributed by atoms with Crippen LogP contribution in [0.3, 0.4) is 0 Å². The van der Waals surface area contributed by atoms with Crippen LogP contribution in [0.1, 0.15) is 22.4 Å². The lowest BCUT2D eigenvalue weighted by Crippen LogP contribution is -2.05. The average Bonchev–Trinajstić information content (AvgIpc) is 3.95. The molecule has 0 aliphatic rings. The maximum atomic E-state index is 5.87. The third-order valence-electron chi connectivity index (χ3n) is 7.55. The molecule has 1 aromatic carbocycles. The molecule has 0 unspecified atom stereocenters. The molecule has 16 heteroatoms. The van der Waals surface area contributed by atoms with Gasteiger partial charge in [0.2, 0.25) is 11.9 Å². The zero-order valence-corrected chi connectivity index (χ0v) is 26.3. The van der Waals surface area contributed by atoms with Gasteiger partial charge in [-0.2, -0.15) is 9.97 Å². The number of aryl methyl sites for hydroxylation is 1. The summed E-state index contributed by atoms with van der Waals surface area (Å²) in [5.74, 6) is 1.50. The average molecular weight is 658 g/mol. The Morgan fingerprint density at radius 2 is 1.31 bits per heavy atom. The van der Waals surface area contributed by atoms with E-state index in [-0.39, 0.29) is 11.9 Å². The first-order chi connectivity index (χ1) is 23.5. The third-order valence-corrected chi connectivity index (χ3v) is 8.76. The van der Waals surface area contributed by atoms with Gasteiger partial charge in [-0.05, 0) is 60.3 Å². The molecule has 8 heterocycles. The molecule has 0 fully saturated rings. The van der Waals surface area contributed by atoms with Gasteiger partial charge in [0.1, 0.15) is 11.4 Å². The number of aromatic nitrogens is 11. The van der Waals surface area contributed by atoms with Crippen LogP contribution in [0.15, 0.2) is 88.1 Å². The van der Waals surface area contributed by atoms with Crippen molar-refractivity contribution in [2.75, 3.05) is 11.5 Å². The van der Waals surface area contributed by atoms with Crippen molar-refractivity contribution in [2.24, 2.45) is 0 Å². The highest BCUT2D eigenvalue weighted by Gasteiger charge is 2.19. The molecule has 0 radical (unpaired) electrons. The fraction of sp³-hybridized carbons (Fsp3) is 0.125. The summed E-state index contributed by atoms with van der Waals surface area (Å²) < 4.78 is 14.3. The summed E-state index contributed by atoms with van der Waals surface area (Å²) in [6, 6.07) is 21.6. The van der Waals surface area contributed by atoms with Gasteiger partial charge in [-0.1, -0.05) is 35.5 Å². The second kappa shape index (κ2) is 12.1. The molecule has 0 spiro atoms. The fourth-order valence-corrected chi connectivity index (χ4v) is 6.29. The Bertz CT molecular complexity index is 2460. The number of para-hydroxylation sites is 1. The number of H-pyrrole nitrogens is 1. The van der Waals surface area contributed by atoms with Crippen LogP contribution in [0.2, 0.25) is 0 Å². The first-order valence-electron chi connectivity index (χ1n) is 15.0. The van der Waals surface area contributed by atoms with Gasteiger partial charge in [-0.3, -0.25) is 0 Å². The summed E-state index contributed by atoms with van der Waals surface area (Å²) in [6.45, 7) is 3.25. The molecule has 238 valence electrons. The molecule has 8 aromatic heterocycles. The van der Waals surface area contributed by atoms with Gasteiger partial charge >= 0.3 is 0 Å². The molecule has 9 rings (SSSR count). The minimum absolute atomic E-state index is 0.152. The van der Waals surface area contributed by atoms with Gasteiger partial charge < -0.3 is 25.3 Å². The van der Waals surface area contributed by atoms with E-state index in [0.29, 0.717) is 58.3 Å². The van der Waals surface area contributed by atoms with Crippen LogP contribution >= 0.6 is 11.3 Å². The smallest absolute Gasteiger partial charge is 0.222 e. The van der Waals surface area contributed by atoms with E-state index in [2.05, 4.69) is 76.7 Å². The van der Waals surface area contributed by atoms with Gasteiger partial charge in [0, 0.05) is 21.0 Å². The lowest BCUT2D eigenvalue weighted by atomic mass is 10.2. The van der Waals surface area contributed by atoms with Gasteiger partial charge in [0.25, 0.3) is 0 Å². The van der Waals surface area contributed by atoms with Gasteiger partial charge in [-0.15, -0.1) is 21.5 Å². The lowest BCUT2D eigenvalue weighted by molar-refractivity contribution is 0.580. The highest BCUT2D eigenvalue weighted by atomic mass is 32.1. The van der Waals surface area contributed by atoms with Crippen molar-refractivity contribution in [3.05, 3.63) is 94.7 Å². The summed E-state index contributed by atoms with van der Waals surface area (Å²) in [5, 5.41) is 18.0. The van der Waals surface area contributed by atoms with E-state index in [4.69, 9.17) is 20.3 Å². The van der Waals surface area contributed by atoms with Gasteiger partial charge in [-0.25, -0.2) is 19.3 Å². The number of thiophene rings is 1. The van der Waals surface area contributed by atoms with Crippen molar-refractivity contribution >= 4 is 56.5 Å². The van der Waals surface area contributed by atoms with Crippen LogP contribution in [-0.2, 0) is 19.5 Å². The third kappa shape index (κ3) is 5.49. The van der Waals surface area contributed by atoms with Crippen molar-refractivity contribution < 1.29 is 8.83 Å². The van der Waals surface area contributed by atoms with E-state index in [9.17, 15) is 0 Å². The number of hydrogen-bond acceptors (Lipinski definition) is 13. The molecule has 0 aliphatic carbocycles. The van der Waals surface area contributed by atoms with Crippen molar-refractivity contribution in [1.29, 1.82) is 0 Å². The highest BCUT2D eigenvalue weighted by Crippen LogP contribution is 2.28. The lowest BCUT2D eigenvalue weighted by Gasteiger charge is -2.02. The number of nitrogens with one attached hydrogen (secondary N) is 1. The van der Waals surface area contributed by atoms with Crippen molar-refractivity contribution in [3.8, 4) is 22.9 Å². The molecule has 0 bridgehead atoms. The highest BCUT2D eigenvalue weighted by molar-refractivity contribution is 7.11. The molecule has 0 aliphatic heterocycles.